The fourth-order valence-electron chi connectivity index (χ4n) is 8.21. The molecule has 3 aromatic heterocycles. The molecule has 3 atom stereocenters. The number of halogens is 11. The van der Waals surface area contributed by atoms with Crippen molar-refractivity contribution in [3.8, 4) is 23.0 Å². The van der Waals surface area contributed by atoms with E-state index >= 15 is 8.78 Å². The van der Waals surface area contributed by atoms with E-state index in [0.29, 0.717) is 12.3 Å². The van der Waals surface area contributed by atoms with E-state index in [2.05, 4.69) is 32.3 Å². The van der Waals surface area contributed by atoms with Crippen molar-refractivity contribution >= 4 is 72.1 Å². The van der Waals surface area contributed by atoms with Crippen molar-refractivity contribution in [2.24, 2.45) is 5.92 Å². The van der Waals surface area contributed by atoms with Crippen molar-refractivity contribution in [1.82, 2.24) is 35.2 Å². The van der Waals surface area contributed by atoms with Gasteiger partial charge >= 0.3 is 30.3 Å². The second-order valence-electron chi connectivity index (χ2n) is 17.6. The summed E-state index contributed by atoms with van der Waals surface area (Å²) in [7, 11) is -9.12. The largest absolute Gasteiger partial charge is 0.479 e. The van der Waals surface area contributed by atoms with Gasteiger partial charge in [0.05, 0.1) is 33.9 Å². The molecule has 31 heteroatoms. The standard InChI is InChI=1S/C43H35ClF10N8O10S2/c1-40(2,73(3,69)70)10-9-21-5-6-22(23-7-8-26(44)30-33(23)61(17-41(47,48)49)59-36(30)62(74(4,71)72)39(68)57-32(37(64)65)38(66)67)31(55-21)27(13-18-11-19(45)14-20(46)12-18)56-28(63)16-60-35-29(34(58-60)43(52,53)54)24-15-25(24)42(35,50)51/h5-8,11-12,14,24-25,27,32H,13,15-17H2,1-4H3,(H,56,63)(H,57,68)(H,64,65)(H,66,67)/t24-,25+,27-/m0/s1. The first-order valence-corrected chi connectivity index (χ1v) is 25.1. The number of alkyl halides is 8. The highest BCUT2D eigenvalue weighted by molar-refractivity contribution is 7.93. The van der Waals surface area contributed by atoms with Gasteiger partial charge in [-0.2, -0.15) is 49.6 Å². The molecule has 396 valence electrons. The zero-order valence-electron chi connectivity index (χ0n) is 38.0. The molecule has 0 aliphatic heterocycles. The molecule has 0 spiro atoms. The molecule has 3 heterocycles. The summed E-state index contributed by atoms with van der Waals surface area (Å²) >= 11 is 6.53. The number of aliphatic carboxylic acids is 2. The number of sulfonamides is 1. The SMILES string of the molecule is CC(C)(C#Cc1ccc(-c2ccc(Cl)c3c(N(C(=O)NC(C(=O)O)C(=O)O)S(C)(=O)=O)nn(CC(F)(F)F)c23)c([C@H](Cc2cc(F)cc(F)c2)NC(=O)Cn2nc(C(F)(F)F)c3c2C(F)(F)[C@@H]2C[C@H]32)n1)S(C)(=O)=O. The average molecular weight is 1110 g/mol. The second-order valence-corrected chi connectivity index (χ2v) is 22.4. The number of carboxylic acids is 2. The van der Waals surface area contributed by atoms with Gasteiger partial charge in [-0.05, 0) is 74.4 Å². The summed E-state index contributed by atoms with van der Waals surface area (Å²) in [5.74, 6) is -11.2. The summed E-state index contributed by atoms with van der Waals surface area (Å²) < 4.78 is 197. The summed E-state index contributed by atoms with van der Waals surface area (Å²) in [6.45, 7) is -1.12. The summed E-state index contributed by atoms with van der Waals surface area (Å²) in [6.07, 6.45) is -10.5. The number of rotatable bonds is 14. The number of hydrogen-bond donors (Lipinski definition) is 4. The highest BCUT2D eigenvalue weighted by atomic mass is 35.5. The zero-order valence-corrected chi connectivity index (χ0v) is 40.4. The van der Waals surface area contributed by atoms with Gasteiger partial charge in [0.1, 0.15) is 40.9 Å². The van der Waals surface area contributed by atoms with Crippen molar-refractivity contribution in [2.45, 2.75) is 80.8 Å². The van der Waals surface area contributed by atoms with E-state index in [1.54, 1.807) is 0 Å². The van der Waals surface area contributed by atoms with E-state index in [1.165, 1.54) is 19.2 Å². The van der Waals surface area contributed by atoms with E-state index in [1.807, 2.05) is 0 Å². The Morgan fingerprint density at radius 2 is 1.51 bits per heavy atom. The van der Waals surface area contributed by atoms with E-state index in [0.717, 1.165) is 42.7 Å². The molecule has 2 aliphatic carbocycles. The van der Waals surface area contributed by atoms with Crippen LogP contribution in [0.3, 0.4) is 0 Å². The molecule has 0 radical (unpaired) electrons. The smallest absolute Gasteiger partial charge is 0.435 e. The minimum absolute atomic E-state index is 0.0755. The molecule has 2 aliphatic rings. The van der Waals surface area contributed by atoms with Gasteiger partial charge in [0.2, 0.25) is 22.0 Å². The Bertz CT molecular complexity index is 3470. The molecule has 1 saturated carbocycles. The highest BCUT2D eigenvalue weighted by Crippen LogP contribution is 2.68. The number of nitrogens with zero attached hydrogens (tertiary/aromatic N) is 6. The number of amides is 3. The van der Waals surface area contributed by atoms with E-state index in [4.69, 9.17) is 11.6 Å². The number of benzene rings is 2. The summed E-state index contributed by atoms with van der Waals surface area (Å²) in [5, 5.41) is 28.1. The van der Waals surface area contributed by atoms with Crippen LogP contribution in [-0.2, 0) is 65.9 Å². The van der Waals surface area contributed by atoms with Gasteiger partial charge in [-0.3, -0.25) is 14.2 Å². The van der Waals surface area contributed by atoms with Gasteiger partial charge in [0.25, 0.3) is 5.92 Å². The lowest BCUT2D eigenvalue weighted by molar-refractivity contribution is -0.150. The maximum atomic E-state index is 15.6. The minimum Gasteiger partial charge on any atom is -0.479 e. The Morgan fingerprint density at radius 1 is 0.905 bits per heavy atom. The number of carboxylic acid groups (broad SMARTS) is 2. The van der Waals surface area contributed by atoms with Crippen molar-refractivity contribution in [3.05, 3.63) is 93.0 Å². The lowest BCUT2D eigenvalue weighted by Crippen LogP contribution is -2.53. The fourth-order valence-corrected chi connectivity index (χ4v) is 9.48. The molecule has 1 fully saturated rings. The molecule has 7 rings (SSSR count). The number of nitrogens with one attached hydrogen (secondary N) is 2. The van der Waals surface area contributed by atoms with E-state index < -0.39 is 177 Å². The number of pyridine rings is 1. The fraction of sp³-hybridized carbons (Fsp3) is 0.372. The zero-order chi connectivity index (χ0) is 55.2. The second kappa shape index (κ2) is 18.7. The first-order valence-electron chi connectivity index (χ1n) is 21.0. The minimum atomic E-state index is -5.27. The Kier molecular flexibility index (Phi) is 13.9. The number of fused-ring (bicyclic) bond motifs is 4. The van der Waals surface area contributed by atoms with Crippen molar-refractivity contribution in [3.63, 3.8) is 0 Å². The number of aromatic nitrogens is 5. The van der Waals surface area contributed by atoms with E-state index in [-0.39, 0.29) is 31.3 Å². The van der Waals surface area contributed by atoms with Crippen LogP contribution >= 0.6 is 11.6 Å². The third-order valence-corrected chi connectivity index (χ3v) is 15.1. The first-order chi connectivity index (χ1) is 33.9. The van der Waals surface area contributed by atoms with Gasteiger partial charge < -0.3 is 20.8 Å². The van der Waals surface area contributed by atoms with Crippen LogP contribution in [0.1, 0.15) is 66.1 Å². The molecule has 0 unspecified atom stereocenters. The molecule has 3 amide bonds. The van der Waals surface area contributed by atoms with Crippen LogP contribution in [0.15, 0.2) is 42.5 Å². The van der Waals surface area contributed by atoms with Crippen LogP contribution in [0.4, 0.5) is 54.5 Å². The van der Waals surface area contributed by atoms with Crippen molar-refractivity contribution in [2.75, 3.05) is 16.8 Å². The van der Waals surface area contributed by atoms with Gasteiger partial charge in [-0.25, -0.2) is 45.0 Å². The van der Waals surface area contributed by atoms with Crippen LogP contribution < -0.4 is 14.9 Å². The molecule has 0 saturated heterocycles. The Morgan fingerprint density at radius 3 is 2.07 bits per heavy atom. The number of sulfone groups is 1. The number of carbonyl (C=O) groups excluding carboxylic acids is 2. The number of anilines is 1. The van der Waals surface area contributed by atoms with Crippen LogP contribution in [0, 0.1) is 29.4 Å². The summed E-state index contributed by atoms with van der Waals surface area (Å²) in [5.41, 5.74) is -6.76. The number of urea groups is 1. The third kappa shape index (κ3) is 10.8. The maximum absolute atomic E-state index is 15.6. The maximum Gasteiger partial charge on any atom is 0.435 e. The van der Waals surface area contributed by atoms with Crippen LogP contribution in [-0.4, -0.2) is 105 Å². The first kappa shape index (κ1) is 54.8. The molecule has 4 N–H and O–H groups in total. The summed E-state index contributed by atoms with van der Waals surface area (Å²) in [6, 6.07) is -0.870. The normalized spacial score (nSPS) is 16.8. The molecule has 0 bridgehead atoms. The van der Waals surface area contributed by atoms with E-state index in [9.17, 15) is 81.4 Å². The quantitative estimate of drug-likeness (QED) is 0.0542. The monoisotopic (exact) mass is 1110 g/mol. The molecule has 2 aromatic carbocycles. The number of hydrogen-bond acceptors (Lipinski definition) is 11. The molecule has 74 heavy (non-hydrogen) atoms. The van der Waals surface area contributed by atoms with Crippen molar-refractivity contribution < 1.29 is 90.1 Å². The van der Waals surface area contributed by atoms with Gasteiger partial charge in [0.15, 0.2) is 21.3 Å². The van der Waals surface area contributed by atoms with Crippen LogP contribution in [0.25, 0.3) is 22.0 Å². The predicted molar refractivity (Wildman–Crippen MR) is 238 cm³/mol. The van der Waals surface area contributed by atoms with Crippen molar-refractivity contribution in [1.29, 1.82) is 0 Å². The summed E-state index contributed by atoms with van der Waals surface area (Å²) in [4.78, 5) is 55.5. The lowest BCUT2D eigenvalue weighted by atomic mass is 9.93. The topological polar surface area (TPSA) is 253 Å². The van der Waals surface area contributed by atoms with Gasteiger partial charge in [-0.1, -0.05) is 23.6 Å². The molecule has 5 aromatic rings. The van der Waals surface area contributed by atoms with Gasteiger partial charge in [0, 0.05) is 34.9 Å². The Hall–Kier alpha value is -7.00. The Balaban J connectivity index is 1.49. The average Bonchev–Trinajstić information content (AvgIpc) is 3.76. The highest BCUT2D eigenvalue weighted by Gasteiger charge is 2.68. The van der Waals surface area contributed by atoms with Gasteiger partial charge in [-0.15, -0.1) is 0 Å². The lowest BCUT2D eigenvalue weighted by Gasteiger charge is -2.23. The van der Waals surface area contributed by atoms with Crippen LogP contribution in [0.5, 0.6) is 0 Å². The Labute approximate surface area is 415 Å². The molecular weight excluding hydrogens is 1080 g/mol. The van der Waals surface area contributed by atoms with Crippen LogP contribution in [0.2, 0.25) is 5.02 Å². The predicted octanol–water partition coefficient (Wildman–Crippen LogP) is 6.30. The molecular formula is C43H35ClF10N8O10S2. The number of carbonyl (C=O) groups is 4. The third-order valence-electron chi connectivity index (χ3n) is 11.8. The molecule has 18 nitrogen and oxygen atoms in total.